The van der Waals surface area contributed by atoms with Crippen LogP contribution in [0.5, 0.6) is 0 Å². The minimum Gasteiger partial charge on any atom is -0.304 e. The molecule has 0 unspecified atom stereocenters. The van der Waals surface area contributed by atoms with Gasteiger partial charge in [-0.15, -0.1) is 11.3 Å². The molecular weight excluding hydrogens is 264 g/mol. The standard InChI is InChI=1S/C10H7ClN2O3S/c11-9-4-3-7(17-9)6-12-5-1-2-8(10(12)14)13(15)16/h1-5H,6H2. The number of aromatic nitrogens is 1. The van der Waals surface area contributed by atoms with E-state index in [1.165, 1.54) is 34.2 Å². The van der Waals surface area contributed by atoms with E-state index in [1.807, 2.05) is 0 Å². The van der Waals surface area contributed by atoms with Crippen molar-refractivity contribution in [2.75, 3.05) is 0 Å². The Hall–Kier alpha value is -1.66. The van der Waals surface area contributed by atoms with Crippen LogP contribution in [0.3, 0.4) is 0 Å². The van der Waals surface area contributed by atoms with Crippen molar-refractivity contribution < 1.29 is 4.92 Å². The molecule has 88 valence electrons. The summed E-state index contributed by atoms with van der Waals surface area (Å²) in [6.45, 7) is 0.290. The van der Waals surface area contributed by atoms with Crippen LogP contribution in [-0.2, 0) is 6.54 Å². The van der Waals surface area contributed by atoms with Crippen LogP contribution in [-0.4, -0.2) is 9.49 Å². The number of nitrogens with zero attached hydrogens (tertiary/aromatic N) is 2. The van der Waals surface area contributed by atoms with Crippen LogP contribution < -0.4 is 5.56 Å². The highest BCUT2D eigenvalue weighted by Gasteiger charge is 2.13. The Bertz CT molecular complexity index is 620. The van der Waals surface area contributed by atoms with Gasteiger partial charge in [0.05, 0.1) is 15.8 Å². The summed E-state index contributed by atoms with van der Waals surface area (Å²) in [6, 6.07) is 6.19. The molecule has 0 bridgehead atoms. The third kappa shape index (κ3) is 2.54. The fourth-order valence-electron chi connectivity index (χ4n) is 1.39. The molecule has 0 radical (unpaired) electrons. The first-order chi connectivity index (χ1) is 8.08. The zero-order chi connectivity index (χ0) is 12.4. The van der Waals surface area contributed by atoms with Crippen LogP contribution >= 0.6 is 22.9 Å². The molecule has 2 heterocycles. The Balaban J connectivity index is 2.37. The first-order valence-electron chi connectivity index (χ1n) is 4.66. The molecule has 0 amide bonds. The van der Waals surface area contributed by atoms with Crippen molar-refractivity contribution in [1.82, 2.24) is 4.57 Å². The van der Waals surface area contributed by atoms with Crippen LogP contribution in [0.4, 0.5) is 5.69 Å². The molecule has 0 aliphatic heterocycles. The first kappa shape index (κ1) is 11.8. The molecular formula is C10H7ClN2O3S. The zero-order valence-electron chi connectivity index (χ0n) is 8.50. The molecule has 5 nitrogen and oxygen atoms in total. The summed E-state index contributed by atoms with van der Waals surface area (Å²) >= 11 is 7.11. The van der Waals surface area contributed by atoms with Gasteiger partial charge in [0.1, 0.15) is 0 Å². The molecule has 2 aromatic rings. The smallest absolute Gasteiger partial charge is 0.304 e. The van der Waals surface area contributed by atoms with Crippen LogP contribution in [0.1, 0.15) is 4.88 Å². The van der Waals surface area contributed by atoms with Gasteiger partial charge in [-0.1, -0.05) is 11.6 Å². The lowest BCUT2D eigenvalue weighted by Crippen LogP contribution is -2.21. The Morgan fingerprint density at radius 2 is 2.18 bits per heavy atom. The lowest BCUT2D eigenvalue weighted by Gasteiger charge is -2.02. The van der Waals surface area contributed by atoms with E-state index < -0.39 is 16.2 Å². The molecule has 0 aliphatic carbocycles. The summed E-state index contributed by atoms with van der Waals surface area (Å²) in [4.78, 5) is 22.5. The van der Waals surface area contributed by atoms with E-state index in [-0.39, 0.29) is 6.54 Å². The zero-order valence-corrected chi connectivity index (χ0v) is 10.1. The molecule has 2 rings (SSSR count). The molecule has 0 N–H and O–H groups in total. The first-order valence-corrected chi connectivity index (χ1v) is 5.85. The molecule has 0 spiro atoms. The number of halogens is 1. The Morgan fingerprint density at radius 3 is 2.76 bits per heavy atom. The summed E-state index contributed by atoms with van der Waals surface area (Å²) < 4.78 is 1.92. The normalized spacial score (nSPS) is 10.4. The molecule has 17 heavy (non-hydrogen) atoms. The predicted molar refractivity (Wildman–Crippen MR) is 65.8 cm³/mol. The third-order valence-electron chi connectivity index (χ3n) is 2.15. The van der Waals surface area contributed by atoms with Crippen LogP contribution in [0.15, 0.2) is 35.3 Å². The van der Waals surface area contributed by atoms with Crippen molar-refractivity contribution in [3.8, 4) is 0 Å². The fourth-order valence-corrected chi connectivity index (χ4v) is 2.48. The summed E-state index contributed by atoms with van der Waals surface area (Å²) in [5, 5.41) is 10.6. The van der Waals surface area contributed by atoms with Gasteiger partial charge in [-0.05, 0) is 18.2 Å². The highest BCUT2D eigenvalue weighted by atomic mass is 35.5. The summed E-state index contributed by atoms with van der Waals surface area (Å²) in [7, 11) is 0. The van der Waals surface area contributed by atoms with Gasteiger partial charge < -0.3 is 4.57 Å². The molecule has 2 aromatic heterocycles. The second kappa shape index (κ2) is 4.68. The van der Waals surface area contributed by atoms with Gasteiger partial charge in [-0.2, -0.15) is 0 Å². The fraction of sp³-hybridized carbons (Fsp3) is 0.100. The van der Waals surface area contributed by atoms with E-state index in [0.29, 0.717) is 4.34 Å². The topological polar surface area (TPSA) is 65.1 Å². The maximum absolute atomic E-state index is 11.7. The van der Waals surface area contributed by atoms with Gasteiger partial charge in [0.25, 0.3) is 0 Å². The molecule has 0 fully saturated rings. The van der Waals surface area contributed by atoms with Crippen molar-refractivity contribution in [2.45, 2.75) is 6.54 Å². The van der Waals surface area contributed by atoms with E-state index in [2.05, 4.69) is 0 Å². The summed E-state index contributed by atoms with van der Waals surface area (Å²) in [6.07, 6.45) is 1.52. The molecule has 0 atom stereocenters. The second-order valence-electron chi connectivity index (χ2n) is 3.29. The van der Waals surface area contributed by atoms with Crippen molar-refractivity contribution in [3.63, 3.8) is 0 Å². The lowest BCUT2D eigenvalue weighted by molar-refractivity contribution is -0.386. The Kier molecular flexibility index (Phi) is 3.26. The minimum absolute atomic E-state index is 0.290. The number of pyridine rings is 1. The van der Waals surface area contributed by atoms with Gasteiger partial charge in [0.2, 0.25) is 0 Å². The van der Waals surface area contributed by atoms with Gasteiger partial charge in [0.15, 0.2) is 0 Å². The number of hydrogen-bond donors (Lipinski definition) is 0. The molecule has 0 aliphatic rings. The van der Waals surface area contributed by atoms with E-state index in [9.17, 15) is 14.9 Å². The van der Waals surface area contributed by atoms with E-state index >= 15 is 0 Å². The van der Waals surface area contributed by atoms with Crippen molar-refractivity contribution >= 4 is 28.6 Å². The van der Waals surface area contributed by atoms with Gasteiger partial charge >= 0.3 is 11.2 Å². The molecule has 7 heteroatoms. The van der Waals surface area contributed by atoms with Crippen molar-refractivity contribution in [1.29, 1.82) is 0 Å². The van der Waals surface area contributed by atoms with E-state index in [1.54, 1.807) is 12.1 Å². The number of thiophene rings is 1. The maximum Gasteiger partial charge on any atom is 0.334 e. The van der Waals surface area contributed by atoms with Gasteiger partial charge in [-0.25, -0.2) is 0 Å². The van der Waals surface area contributed by atoms with Gasteiger partial charge in [-0.3, -0.25) is 14.9 Å². The van der Waals surface area contributed by atoms with E-state index in [0.717, 1.165) is 4.88 Å². The Morgan fingerprint density at radius 1 is 1.41 bits per heavy atom. The highest BCUT2D eigenvalue weighted by Crippen LogP contribution is 2.21. The van der Waals surface area contributed by atoms with E-state index in [4.69, 9.17) is 11.6 Å². The molecule has 0 saturated carbocycles. The quantitative estimate of drug-likeness (QED) is 0.636. The van der Waals surface area contributed by atoms with Crippen molar-refractivity contribution in [2.24, 2.45) is 0 Å². The van der Waals surface area contributed by atoms with Crippen LogP contribution in [0.25, 0.3) is 0 Å². The number of rotatable bonds is 3. The summed E-state index contributed by atoms with van der Waals surface area (Å²) in [5.74, 6) is 0. The van der Waals surface area contributed by atoms with Crippen LogP contribution in [0.2, 0.25) is 4.34 Å². The average Bonchev–Trinajstić information content (AvgIpc) is 2.67. The lowest BCUT2D eigenvalue weighted by atomic mass is 10.4. The average molecular weight is 271 g/mol. The van der Waals surface area contributed by atoms with Crippen LogP contribution in [0, 0.1) is 10.1 Å². The summed E-state index contributed by atoms with van der Waals surface area (Å²) in [5.41, 5.74) is -1.03. The predicted octanol–water partition coefficient (Wildman–Crippen LogP) is 2.52. The SMILES string of the molecule is O=c1c([N+](=O)[O-])cccn1Cc1ccc(Cl)s1. The largest absolute Gasteiger partial charge is 0.334 e. The number of nitro groups is 1. The second-order valence-corrected chi connectivity index (χ2v) is 5.09. The molecule has 0 saturated heterocycles. The monoisotopic (exact) mass is 270 g/mol. The Labute approximate surface area is 105 Å². The number of hydrogen-bond acceptors (Lipinski definition) is 4. The van der Waals surface area contributed by atoms with Gasteiger partial charge in [0, 0.05) is 17.1 Å². The van der Waals surface area contributed by atoms with Crippen molar-refractivity contribution in [3.05, 3.63) is 60.1 Å². The maximum atomic E-state index is 11.7. The third-order valence-corrected chi connectivity index (χ3v) is 3.37. The highest BCUT2D eigenvalue weighted by molar-refractivity contribution is 7.16. The molecule has 0 aromatic carbocycles. The minimum atomic E-state index is -0.680.